The van der Waals surface area contributed by atoms with Gasteiger partial charge in [-0.2, -0.15) is 0 Å². The largest absolute Gasteiger partial charge is 0.469 e. The van der Waals surface area contributed by atoms with Gasteiger partial charge in [0.1, 0.15) is 5.76 Å². The van der Waals surface area contributed by atoms with Crippen molar-refractivity contribution in [3.8, 4) is 0 Å². The zero-order valence-electron chi connectivity index (χ0n) is 11.9. The first-order chi connectivity index (χ1) is 9.36. The summed E-state index contributed by atoms with van der Waals surface area (Å²) in [6, 6.07) is 3.89. The van der Waals surface area contributed by atoms with E-state index in [1.165, 1.54) is 0 Å². The number of nitrogens with one attached hydrogen (secondary N) is 2. The number of rotatable bonds is 9. The van der Waals surface area contributed by atoms with Gasteiger partial charge < -0.3 is 19.8 Å². The number of guanidine groups is 1. The van der Waals surface area contributed by atoms with Crippen LogP contribution in [0.25, 0.3) is 0 Å². The molecule has 108 valence electrons. The lowest BCUT2D eigenvalue weighted by Gasteiger charge is -2.10. The fourth-order valence-corrected chi connectivity index (χ4v) is 1.60. The summed E-state index contributed by atoms with van der Waals surface area (Å²) in [5.74, 6) is 1.84. The van der Waals surface area contributed by atoms with Crippen LogP contribution < -0.4 is 10.6 Å². The number of nitrogens with zero attached hydrogens (tertiary/aromatic N) is 1. The van der Waals surface area contributed by atoms with E-state index in [1.807, 2.05) is 19.1 Å². The van der Waals surface area contributed by atoms with Crippen molar-refractivity contribution in [3.63, 3.8) is 0 Å². The maximum Gasteiger partial charge on any atom is 0.191 e. The molecule has 0 aliphatic heterocycles. The van der Waals surface area contributed by atoms with Crippen LogP contribution in [0, 0.1) is 0 Å². The van der Waals surface area contributed by atoms with Crippen molar-refractivity contribution in [1.29, 1.82) is 0 Å². The summed E-state index contributed by atoms with van der Waals surface area (Å²) < 4.78 is 10.6. The molecule has 0 saturated heterocycles. The Hall–Kier alpha value is -1.49. The highest BCUT2D eigenvalue weighted by Crippen LogP contribution is 1.99. The van der Waals surface area contributed by atoms with Gasteiger partial charge in [-0.3, -0.25) is 4.99 Å². The third-order valence-corrected chi connectivity index (χ3v) is 2.51. The van der Waals surface area contributed by atoms with Crippen LogP contribution in [-0.2, 0) is 11.2 Å². The molecular formula is C14H25N3O2. The molecule has 5 heteroatoms. The van der Waals surface area contributed by atoms with Crippen LogP contribution in [0.3, 0.4) is 0 Å². The van der Waals surface area contributed by atoms with Gasteiger partial charge in [0.25, 0.3) is 0 Å². The summed E-state index contributed by atoms with van der Waals surface area (Å²) in [6.07, 6.45) is 3.50. The molecule has 0 atom stereocenters. The van der Waals surface area contributed by atoms with Crippen molar-refractivity contribution in [2.24, 2.45) is 4.99 Å². The van der Waals surface area contributed by atoms with E-state index >= 15 is 0 Å². The normalized spacial score (nSPS) is 11.6. The summed E-state index contributed by atoms with van der Waals surface area (Å²) >= 11 is 0. The Balaban J connectivity index is 2.20. The predicted octanol–water partition coefficient (Wildman–Crippen LogP) is 1.80. The van der Waals surface area contributed by atoms with E-state index in [0.717, 1.165) is 57.4 Å². The lowest BCUT2D eigenvalue weighted by atomic mass is 10.3. The monoisotopic (exact) mass is 267 g/mol. The lowest BCUT2D eigenvalue weighted by Crippen LogP contribution is -2.38. The zero-order valence-corrected chi connectivity index (χ0v) is 11.9. The van der Waals surface area contributed by atoms with Gasteiger partial charge in [-0.05, 0) is 32.4 Å². The highest BCUT2D eigenvalue weighted by molar-refractivity contribution is 5.79. The molecule has 0 spiro atoms. The molecule has 0 bridgehead atoms. The number of furan rings is 1. The highest BCUT2D eigenvalue weighted by atomic mass is 16.5. The first-order valence-electron chi connectivity index (χ1n) is 6.99. The van der Waals surface area contributed by atoms with Crippen molar-refractivity contribution >= 4 is 5.96 Å². The molecule has 19 heavy (non-hydrogen) atoms. The van der Waals surface area contributed by atoms with E-state index in [-0.39, 0.29) is 0 Å². The van der Waals surface area contributed by atoms with Gasteiger partial charge in [0.15, 0.2) is 5.96 Å². The van der Waals surface area contributed by atoms with Crippen LogP contribution >= 0.6 is 0 Å². The first kappa shape index (κ1) is 15.6. The molecule has 0 amide bonds. The second-order valence-corrected chi connectivity index (χ2v) is 4.07. The molecule has 1 rings (SSSR count). The molecule has 0 aromatic carbocycles. The Morgan fingerprint density at radius 2 is 2.26 bits per heavy atom. The molecule has 0 radical (unpaired) electrons. The number of hydrogen-bond acceptors (Lipinski definition) is 3. The number of hydrogen-bond donors (Lipinski definition) is 2. The quantitative estimate of drug-likeness (QED) is 0.407. The average molecular weight is 267 g/mol. The van der Waals surface area contributed by atoms with E-state index < -0.39 is 0 Å². The SMILES string of the molecule is CCNC(=NCCCOCC)NCCc1ccco1. The van der Waals surface area contributed by atoms with E-state index in [9.17, 15) is 0 Å². The maximum absolute atomic E-state index is 5.28. The van der Waals surface area contributed by atoms with Crippen LogP contribution in [0.4, 0.5) is 0 Å². The third kappa shape index (κ3) is 7.51. The standard InChI is InChI=1S/C14H25N3O2/c1-3-15-14(16-9-6-11-18-4-2)17-10-8-13-7-5-12-19-13/h5,7,12H,3-4,6,8-11H2,1-2H3,(H2,15,16,17). The van der Waals surface area contributed by atoms with Crippen LogP contribution in [0.2, 0.25) is 0 Å². The van der Waals surface area contributed by atoms with Crippen LogP contribution in [0.5, 0.6) is 0 Å². The van der Waals surface area contributed by atoms with E-state index in [1.54, 1.807) is 6.26 Å². The molecule has 0 saturated carbocycles. The Morgan fingerprint density at radius 3 is 2.95 bits per heavy atom. The van der Waals surface area contributed by atoms with E-state index in [4.69, 9.17) is 9.15 Å². The molecule has 0 unspecified atom stereocenters. The van der Waals surface area contributed by atoms with Crippen molar-refractivity contribution < 1.29 is 9.15 Å². The number of aliphatic imine (C=N–C) groups is 1. The fraction of sp³-hybridized carbons (Fsp3) is 0.643. The second-order valence-electron chi connectivity index (χ2n) is 4.07. The molecule has 5 nitrogen and oxygen atoms in total. The number of ether oxygens (including phenoxy) is 1. The Morgan fingerprint density at radius 1 is 1.37 bits per heavy atom. The smallest absolute Gasteiger partial charge is 0.191 e. The van der Waals surface area contributed by atoms with Crippen molar-refractivity contribution in [3.05, 3.63) is 24.2 Å². The van der Waals surface area contributed by atoms with Crippen molar-refractivity contribution in [1.82, 2.24) is 10.6 Å². The second kappa shape index (κ2) is 10.4. The van der Waals surface area contributed by atoms with Gasteiger partial charge in [-0.25, -0.2) is 0 Å². The van der Waals surface area contributed by atoms with E-state index in [2.05, 4.69) is 22.5 Å². The van der Waals surface area contributed by atoms with Gasteiger partial charge in [0.05, 0.1) is 6.26 Å². The summed E-state index contributed by atoms with van der Waals surface area (Å²) in [5, 5.41) is 6.51. The molecule has 0 fully saturated rings. The molecule has 1 heterocycles. The van der Waals surface area contributed by atoms with Crippen LogP contribution in [-0.4, -0.2) is 38.8 Å². The molecule has 0 aliphatic rings. The minimum atomic E-state index is 0.769. The Kier molecular flexibility index (Phi) is 8.55. The minimum absolute atomic E-state index is 0.769. The van der Waals surface area contributed by atoms with Crippen molar-refractivity contribution in [2.75, 3.05) is 32.8 Å². The van der Waals surface area contributed by atoms with Gasteiger partial charge in [0, 0.05) is 39.3 Å². The molecule has 1 aromatic heterocycles. The van der Waals surface area contributed by atoms with Crippen LogP contribution in [0.1, 0.15) is 26.0 Å². The first-order valence-corrected chi connectivity index (χ1v) is 6.99. The van der Waals surface area contributed by atoms with Crippen LogP contribution in [0.15, 0.2) is 27.8 Å². The zero-order chi connectivity index (χ0) is 13.8. The Labute approximate surface area is 115 Å². The highest BCUT2D eigenvalue weighted by Gasteiger charge is 1.98. The fourth-order valence-electron chi connectivity index (χ4n) is 1.60. The molecule has 2 N–H and O–H groups in total. The summed E-state index contributed by atoms with van der Waals surface area (Å²) in [6.45, 7) is 8.05. The van der Waals surface area contributed by atoms with Gasteiger partial charge in [0.2, 0.25) is 0 Å². The lowest BCUT2D eigenvalue weighted by molar-refractivity contribution is 0.146. The molecule has 0 aliphatic carbocycles. The molecular weight excluding hydrogens is 242 g/mol. The summed E-state index contributed by atoms with van der Waals surface area (Å²) in [4.78, 5) is 4.49. The minimum Gasteiger partial charge on any atom is -0.469 e. The Bertz CT molecular complexity index is 336. The van der Waals surface area contributed by atoms with Crippen molar-refractivity contribution in [2.45, 2.75) is 26.7 Å². The summed E-state index contributed by atoms with van der Waals surface area (Å²) in [7, 11) is 0. The third-order valence-electron chi connectivity index (χ3n) is 2.51. The van der Waals surface area contributed by atoms with Gasteiger partial charge >= 0.3 is 0 Å². The average Bonchev–Trinajstić information content (AvgIpc) is 2.91. The van der Waals surface area contributed by atoms with Gasteiger partial charge in [-0.1, -0.05) is 0 Å². The topological polar surface area (TPSA) is 58.8 Å². The molecule has 1 aromatic rings. The predicted molar refractivity (Wildman–Crippen MR) is 77.5 cm³/mol. The van der Waals surface area contributed by atoms with Gasteiger partial charge in [-0.15, -0.1) is 0 Å². The maximum atomic E-state index is 5.28. The van der Waals surface area contributed by atoms with E-state index in [0.29, 0.717) is 0 Å². The summed E-state index contributed by atoms with van der Waals surface area (Å²) in [5.41, 5.74) is 0.